The molecular formula is C23H33N3O2S. The Kier molecular flexibility index (Phi) is 7.14. The largest absolute Gasteiger partial charge is 0.353 e. The highest BCUT2D eigenvalue weighted by Gasteiger charge is 2.38. The van der Waals surface area contributed by atoms with Gasteiger partial charge in [-0.15, -0.1) is 11.8 Å². The molecule has 3 aliphatic rings. The minimum atomic E-state index is -0.292. The Labute approximate surface area is 178 Å². The van der Waals surface area contributed by atoms with Gasteiger partial charge in [0.05, 0.1) is 5.88 Å². The van der Waals surface area contributed by atoms with Gasteiger partial charge < -0.3 is 10.2 Å². The lowest BCUT2D eigenvalue weighted by molar-refractivity contribution is -0.141. The minimum absolute atomic E-state index is 0.0339. The predicted octanol–water partition coefficient (Wildman–Crippen LogP) is 3.25. The smallest absolute Gasteiger partial charge is 0.243 e. The zero-order valence-corrected chi connectivity index (χ0v) is 18.0. The van der Waals surface area contributed by atoms with E-state index in [9.17, 15) is 9.59 Å². The average Bonchev–Trinajstić information content (AvgIpc) is 3.45. The molecule has 2 aliphatic heterocycles. The van der Waals surface area contributed by atoms with E-state index in [0.29, 0.717) is 18.5 Å². The monoisotopic (exact) mass is 415 g/mol. The zero-order valence-electron chi connectivity index (χ0n) is 17.2. The van der Waals surface area contributed by atoms with Crippen molar-refractivity contribution in [2.45, 2.75) is 63.6 Å². The number of benzene rings is 1. The fourth-order valence-electron chi connectivity index (χ4n) is 4.94. The molecule has 5 nitrogen and oxygen atoms in total. The summed E-state index contributed by atoms with van der Waals surface area (Å²) in [5.74, 6) is 1.77. The van der Waals surface area contributed by atoms with Crippen LogP contribution >= 0.6 is 11.8 Å². The Bertz CT molecular complexity index is 693. The minimum Gasteiger partial charge on any atom is -0.353 e. The Morgan fingerprint density at radius 1 is 1.03 bits per heavy atom. The van der Waals surface area contributed by atoms with Crippen molar-refractivity contribution in [1.82, 2.24) is 15.1 Å². The van der Waals surface area contributed by atoms with Crippen molar-refractivity contribution in [2.24, 2.45) is 5.92 Å². The van der Waals surface area contributed by atoms with Gasteiger partial charge in [-0.3, -0.25) is 14.5 Å². The molecule has 3 fully saturated rings. The molecule has 158 valence electrons. The Morgan fingerprint density at radius 3 is 2.59 bits per heavy atom. The van der Waals surface area contributed by atoms with Gasteiger partial charge >= 0.3 is 0 Å². The molecule has 2 saturated heterocycles. The highest BCUT2D eigenvalue weighted by molar-refractivity contribution is 7.99. The molecule has 2 heterocycles. The zero-order chi connectivity index (χ0) is 20.1. The maximum absolute atomic E-state index is 12.9. The number of thioether (sulfide) groups is 1. The van der Waals surface area contributed by atoms with Gasteiger partial charge in [0.1, 0.15) is 6.04 Å². The molecule has 2 unspecified atom stereocenters. The molecule has 1 N–H and O–H groups in total. The standard InChI is InChI=1S/C23H33N3O2S/c27-22(21-16-29-17-26(21)23(28)19-10-4-5-11-19)24-14-20-12-6-7-13-25(20)15-18-8-2-1-3-9-18/h1-3,8-9,19-21H,4-7,10-17H2,(H,24,27). The lowest BCUT2D eigenvalue weighted by Gasteiger charge is -2.36. The number of amides is 2. The number of likely N-dealkylation sites (tertiary alicyclic amines) is 1. The van der Waals surface area contributed by atoms with Crippen molar-refractivity contribution >= 4 is 23.6 Å². The third-order valence-electron chi connectivity index (χ3n) is 6.66. The first-order valence-corrected chi connectivity index (χ1v) is 12.3. The van der Waals surface area contributed by atoms with E-state index in [-0.39, 0.29) is 23.8 Å². The number of nitrogens with one attached hydrogen (secondary N) is 1. The lowest BCUT2D eigenvalue weighted by atomic mass is 10.0. The van der Waals surface area contributed by atoms with Crippen LogP contribution in [0.25, 0.3) is 0 Å². The first-order valence-electron chi connectivity index (χ1n) is 11.2. The molecular weight excluding hydrogens is 382 g/mol. The van der Waals surface area contributed by atoms with E-state index in [4.69, 9.17) is 0 Å². The fraction of sp³-hybridized carbons (Fsp3) is 0.652. The van der Waals surface area contributed by atoms with Crippen LogP contribution in [0.4, 0.5) is 0 Å². The van der Waals surface area contributed by atoms with Crippen molar-refractivity contribution in [3.05, 3.63) is 35.9 Å². The second-order valence-electron chi connectivity index (χ2n) is 8.66. The van der Waals surface area contributed by atoms with Crippen LogP contribution in [-0.2, 0) is 16.1 Å². The maximum atomic E-state index is 12.9. The van der Waals surface area contributed by atoms with Crippen molar-refractivity contribution in [2.75, 3.05) is 24.7 Å². The molecule has 1 saturated carbocycles. The molecule has 0 bridgehead atoms. The molecule has 4 rings (SSSR count). The van der Waals surface area contributed by atoms with Crippen molar-refractivity contribution in [3.63, 3.8) is 0 Å². The number of carbonyl (C=O) groups excluding carboxylic acids is 2. The number of hydrogen-bond acceptors (Lipinski definition) is 4. The number of rotatable bonds is 6. The normalized spacial score (nSPS) is 26.0. The molecule has 2 atom stereocenters. The van der Waals surface area contributed by atoms with E-state index in [0.717, 1.165) is 50.9 Å². The fourth-order valence-corrected chi connectivity index (χ4v) is 6.10. The number of carbonyl (C=O) groups is 2. The van der Waals surface area contributed by atoms with Gasteiger partial charge in [-0.25, -0.2) is 0 Å². The molecule has 29 heavy (non-hydrogen) atoms. The summed E-state index contributed by atoms with van der Waals surface area (Å²) in [5, 5.41) is 3.20. The van der Waals surface area contributed by atoms with E-state index >= 15 is 0 Å². The molecule has 6 heteroatoms. The first kappa shape index (κ1) is 20.7. The van der Waals surface area contributed by atoms with Gasteiger partial charge in [-0.05, 0) is 37.8 Å². The van der Waals surface area contributed by atoms with Crippen LogP contribution in [0.5, 0.6) is 0 Å². The second-order valence-corrected chi connectivity index (χ2v) is 9.66. The van der Waals surface area contributed by atoms with Gasteiger partial charge in [0.15, 0.2) is 0 Å². The maximum Gasteiger partial charge on any atom is 0.243 e. The Hall–Kier alpha value is -1.53. The molecule has 1 aliphatic carbocycles. The summed E-state index contributed by atoms with van der Waals surface area (Å²) in [7, 11) is 0. The van der Waals surface area contributed by atoms with Gasteiger partial charge in [0, 0.05) is 30.8 Å². The van der Waals surface area contributed by atoms with Crippen LogP contribution in [0.3, 0.4) is 0 Å². The van der Waals surface area contributed by atoms with E-state index in [1.807, 2.05) is 4.90 Å². The molecule has 0 spiro atoms. The predicted molar refractivity (Wildman–Crippen MR) is 117 cm³/mol. The summed E-state index contributed by atoms with van der Waals surface area (Å²) < 4.78 is 0. The molecule has 1 aromatic carbocycles. The van der Waals surface area contributed by atoms with Crippen molar-refractivity contribution in [1.29, 1.82) is 0 Å². The molecule has 1 aromatic rings. The van der Waals surface area contributed by atoms with Crippen LogP contribution in [0.2, 0.25) is 0 Å². The average molecular weight is 416 g/mol. The second kappa shape index (κ2) is 9.98. The number of nitrogens with zero attached hydrogens (tertiary/aromatic N) is 2. The summed E-state index contributed by atoms with van der Waals surface area (Å²) in [5.41, 5.74) is 1.33. The third-order valence-corrected chi connectivity index (χ3v) is 7.67. The first-order chi connectivity index (χ1) is 14.2. The Balaban J connectivity index is 1.32. The lowest BCUT2D eigenvalue weighted by Crippen LogP contribution is -2.52. The SMILES string of the molecule is O=C(NCC1CCCCN1Cc1ccccc1)C1CSCN1C(=O)C1CCCC1. The van der Waals surface area contributed by atoms with Gasteiger partial charge in [0.25, 0.3) is 0 Å². The Morgan fingerprint density at radius 2 is 1.79 bits per heavy atom. The third kappa shape index (κ3) is 5.15. The topological polar surface area (TPSA) is 52.7 Å². The van der Waals surface area contributed by atoms with E-state index in [1.54, 1.807) is 11.8 Å². The van der Waals surface area contributed by atoms with E-state index in [2.05, 4.69) is 40.5 Å². The van der Waals surface area contributed by atoms with E-state index in [1.165, 1.54) is 18.4 Å². The van der Waals surface area contributed by atoms with Crippen molar-refractivity contribution < 1.29 is 9.59 Å². The quantitative estimate of drug-likeness (QED) is 0.775. The summed E-state index contributed by atoms with van der Waals surface area (Å²) in [6.07, 6.45) is 7.84. The van der Waals surface area contributed by atoms with Crippen molar-refractivity contribution in [3.8, 4) is 0 Å². The van der Waals surface area contributed by atoms with Gasteiger partial charge in [-0.1, -0.05) is 49.6 Å². The molecule has 2 amide bonds. The van der Waals surface area contributed by atoms with Crippen LogP contribution in [0, 0.1) is 5.92 Å². The summed E-state index contributed by atoms with van der Waals surface area (Å²) in [6, 6.07) is 10.7. The van der Waals surface area contributed by atoms with Gasteiger partial charge in [0.2, 0.25) is 11.8 Å². The highest BCUT2D eigenvalue weighted by Crippen LogP contribution is 2.31. The number of hydrogen-bond donors (Lipinski definition) is 1. The summed E-state index contributed by atoms with van der Waals surface area (Å²) in [4.78, 5) is 30.1. The van der Waals surface area contributed by atoms with Gasteiger partial charge in [-0.2, -0.15) is 0 Å². The summed E-state index contributed by atoms with van der Waals surface area (Å²) >= 11 is 1.70. The van der Waals surface area contributed by atoms with Crippen LogP contribution in [0.1, 0.15) is 50.5 Å². The highest BCUT2D eigenvalue weighted by atomic mass is 32.2. The number of piperidine rings is 1. The van der Waals surface area contributed by atoms with Crippen LogP contribution in [-0.4, -0.2) is 58.4 Å². The molecule has 0 radical (unpaired) electrons. The molecule has 0 aromatic heterocycles. The van der Waals surface area contributed by atoms with Crippen LogP contribution < -0.4 is 5.32 Å². The van der Waals surface area contributed by atoms with E-state index < -0.39 is 0 Å². The van der Waals surface area contributed by atoms with Crippen LogP contribution in [0.15, 0.2) is 30.3 Å². The summed E-state index contributed by atoms with van der Waals surface area (Å²) in [6.45, 7) is 2.70.